The van der Waals surface area contributed by atoms with Crippen molar-refractivity contribution < 1.29 is 9.59 Å². The van der Waals surface area contributed by atoms with Crippen molar-refractivity contribution in [3.8, 4) is 0 Å². The number of carbonyl (C=O) groups excluding carboxylic acids is 2. The lowest BCUT2D eigenvalue weighted by Gasteiger charge is -2.30. The molecule has 0 spiro atoms. The molecule has 1 fully saturated rings. The summed E-state index contributed by atoms with van der Waals surface area (Å²) in [7, 11) is 0. The maximum absolute atomic E-state index is 11.2. The van der Waals surface area contributed by atoms with Crippen LogP contribution in [0.15, 0.2) is 24.3 Å². The van der Waals surface area contributed by atoms with Crippen LogP contribution in [-0.4, -0.2) is 18.2 Å². The molecule has 0 unspecified atom stereocenters. The Morgan fingerprint density at radius 2 is 2.21 bits per heavy atom. The number of β-lactam (4-membered cyclic amide) rings is 1. The highest BCUT2D eigenvalue weighted by atomic mass is 16.2. The van der Waals surface area contributed by atoms with E-state index in [0.29, 0.717) is 12.0 Å². The topological polar surface area (TPSA) is 37.4 Å². The van der Waals surface area contributed by atoms with Gasteiger partial charge in [-0.15, -0.1) is 0 Å². The van der Waals surface area contributed by atoms with Gasteiger partial charge in [-0.1, -0.05) is 12.1 Å². The van der Waals surface area contributed by atoms with Crippen LogP contribution in [0, 0.1) is 0 Å². The lowest BCUT2D eigenvalue weighted by Crippen LogP contribution is -2.43. The number of carbonyl (C=O) groups is 2. The van der Waals surface area contributed by atoms with Crippen LogP contribution < -0.4 is 4.90 Å². The van der Waals surface area contributed by atoms with E-state index in [2.05, 4.69) is 0 Å². The Balaban J connectivity index is 2.30. The number of hydrogen-bond acceptors (Lipinski definition) is 2. The number of hydrogen-bond donors (Lipinski definition) is 0. The smallest absolute Gasteiger partial charge is 0.228 e. The molecule has 1 amide bonds. The normalized spacial score (nSPS) is 15.2. The van der Waals surface area contributed by atoms with E-state index < -0.39 is 0 Å². The first-order valence-corrected chi connectivity index (χ1v) is 4.60. The van der Waals surface area contributed by atoms with E-state index in [1.165, 1.54) is 6.92 Å². The van der Waals surface area contributed by atoms with Gasteiger partial charge in [0, 0.05) is 24.2 Å². The number of benzene rings is 1. The van der Waals surface area contributed by atoms with Crippen LogP contribution in [0.4, 0.5) is 5.69 Å². The van der Waals surface area contributed by atoms with Crippen LogP contribution in [0.2, 0.25) is 0 Å². The minimum Gasteiger partial charge on any atom is -0.312 e. The molecule has 0 bridgehead atoms. The Bertz CT molecular complexity index is 398. The highest BCUT2D eigenvalue weighted by molar-refractivity contribution is 6.01. The molecule has 0 radical (unpaired) electrons. The Kier molecular flexibility index (Phi) is 2.08. The lowest BCUT2D eigenvalue weighted by molar-refractivity contribution is -0.122. The molecule has 1 saturated heterocycles. The van der Waals surface area contributed by atoms with Gasteiger partial charge < -0.3 is 4.90 Å². The maximum Gasteiger partial charge on any atom is 0.228 e. The van der Waals surface area contributed by atoms with Crippen molar-refractivity contribution >= 4 is 17.4 Å². The molecule has 0 atom stereocenters. The molecular formula is C11H11NO2. The summed E-state index contributed by atoms with van der Waals surface area (Å²) in [6.45, 7) is 2.29. The van der Waals surface area contributed by atoms with Gasteiger partial charge in [0.1, 0.15) is 0 Å². The van der Waals surface area contributed by atoms with Gasteiger partial charge in [0.05, 0.1) is 0 Å². The van der Waals surface area contributed by atoms with Crippen molar-refractivity contribution in [1.29, 1.82) is 0 Å². The quantitative estimate of drug-likeness (QED) is 0.523. The molecule has 1 aromatic carbocycles. The predicted octanol–water partition coefficient (Wildman–Crippen LogP) is 1.63. The lowest BCUT2D eigenvalue weighted by atomic mass is 10.1. The molecule has 72 valence electrons. The summed E-state index contributed by atoms with van der Waals surface area (Å²) in [6, 6.07) is 7.18. The van der Waals surface area contributed by atoms with Crippen molar-refractivity contribution in [2.75, 3.05) is 11.4 Å². The first kappa shape index (κ1) is 8.94. The van der Waals surface area contributed by atoms with Gasteiger partial charge >= 0.3 is 0 Å². The SMILES string of the molecule is CC(=O)c1cccc(N2CCC2=O)c1. The molecule has 0 aromatic heterocycles. The minimum atomic E-state index is 0.0276. The number of rotatable bonds is 2. The Hall–Kier alpha value is -1.64. The number of Topliss-reactive ketones (excluding diaryl/α,β-unsaturated/α-hetero) is 1. The zero-order valence-electron chi connectivity index (χ0n) is 7.99. The van der Waals surface area contributed by atoms with E-state index in [4.69, 9.17) is 0 Å². The molecule has 1 aliphatic rings. The zero-order valence-corrected chi connectivity index (χ0v) is 7.99. The third-order valence-corrected chi connectivity index (χ3v) is 2.41. The van der Waals surface area contributed by atoms with E-state index >= 15 is 0 Å². The number of ketones is 1. The molecule has 0 N–H and O–H groups in total. The van der Waals surface area contributed by atoms with Gasteiger partial charge in [-0.2, -0.15) is 0 Å². The molecule has 0 aliphatic carbocycles. The molecule has 0 saturated carbocycles. The standard InChI is InChI=1S/C11H11NO2/c1-8(13)9-3-2-4-10(7-9)12-6-5-11(12)14/h2-4,7H,5-6H2,1H3. The molecule has 1 aromatic rings. The summed E-state index contributed by atoms with van der Waals surface area (Å²) in [5.74, 6) is 0.158. The van der Waals surface area contributed by atoms with Crippen LogP contribution in [-0.2, 0) is 4.79 Å². The van der Waals surface area contributed by atoms with Crippen molar-refractivity contribution in [1.82, 2.24) is 0 Å². The second-order valence-corrected chi connectivity index (χ2v) is 3.40. The van der Waals surface area contributed by atoms with Gasteiger partial charge in [0.25, 0.3) is 0 Å². The third kappa shape index (κ3) is 1.41. The first-order valence-electron chi connectivity index (χ1n) is 4.60. The second kappa shape index (κ2) is 3.25. The summed E-state index contributed by atoms with van der Waals surface area (Å²) in [6.07, 6.45) is 0.615. The van der Waals surface area contributed by atoms with Crippen LogP contribution in [0.1, 0.15) is 23.7 Å². The maximum atomic E-state index is 11.2. The van der Waals surface area contributed by atoms with Crippen molar-refractivity contribution in [2.24, 2.45) is 0 Å². The molecular weight excluding hydrogens is 178 g/mol. The molecule has 2 rings (SSSR count). The Labute approximate surface area is 82.3 Å². The number of amides is 1. The third-order valence-electron chi connectivity index (χ3n) is 2.41. The summed E-state index contributed by atoms with van der Waals surface area (Å²) in [4.78, 5) is 23.9. The van der Waals surface area contributed by atoms with E-state index in [9.17, 15) is 9.59 Å². The van der Waals surface area contributed by atoms with Gasteiger partial charge in [0.15, 0.2) is 5.78 Å². The largest absolute Gasteiger partial charge is 0.312 e. The van der Waals surface area contributed by atoms with Gasteiger partial charge in [-0.3, -0.25) is 9.59 Å². The van der Waals surface area contributed by atoms with E-state index in [-0.39, 0.29) is 11.7 Å². The number of anilines is 1. The minimum absolute atomic E-state index is 0.0276. The summed E-state index contributed by atoms with van der Waals surface area (Å²) in [5, 5.41) is 0. The molecule has 1 aliphatic heterocycles. The molecule has 1 heterocycles. The second-order valence-electron chi connectivity index (χ2n) is 3.40. The van der Waals surface area contributed by atoms with E-state index in [0.717, 1.165) is 12.2 Å². The van der Waals surface area contributed by atoms with Gasteiger partial charge in [-0.05, 0) is 19.1 Å². The van der Waals surface area contributed by atoms with Gasteiger partial charge in [0.2, 0.25) is 5.91 Å². The summed E-state index contributed by atoms with van der Waals surface area (Å²) in [5.41, 5.74) is 1.48. The first-order chi connectivity index (χ1) is 6.68. The highest BCUT2D eigenvalue weighted by Gasteiger charge is 2.25. The van der Waals surface area contributed by atoms with Crippen molar-refractivity contribution in [3.63, 3.8) is 0 Å². The molecule has 3 nitrogen and oxygen atoms in total. The van der Waals surface area contributed by atoms with Crippen LogP contribution >= 0.6 is 0 Å². The molecule has 3 heteroatoms. The van der Waals surface area contributed by atoms with Crippen molar-refractivity contribution in [3.05, 3.63) is 29.8 Å². The van der Waals surface area contributed by atoms with E-state index in [1.54, 1.807) is 23.1 Å². The predicted molar refractivity (Wildman–Crippen MR) is 53.4 cm³/mol. The Morgan fingerprint density at radius 3 is 2.71 bits per heavy atom. The zero-order chi connectivity index (χ0) is 10.1. The average molecular weight is 189 g/mol. The van der Waals surface area contributed by atoms with E-state index in [1.807, 2.05) is 6.07 Å². The van der Waals surface area contributed by atoms with Crippen LogP contribution in [0.25, 0.3) is 0 Å². The fourth-order valence-electron chi connectivity index (χ4n) is 1.48. The molecule has 14 heavy (non-hydrogen) atoms. The monoisotopic (exact) mass is 189 g/mol. The highest BCUT2D eigenvalue weighted by Crippen LogP contribution is 2.22. The Morgan fingerprint density at radius 1 is 1.43 bits per heavy atom. The van der Waals surface area contributed by atoms with Crippen molar-refractivity contribution in [2.45, 2.75) is 13.3 Å². The fourth-order valence-corrected chi connectivity index (χ4v) is 1.48. The number of nitrogens with zero attached hydrogens (tertiary/aromatic N) is 1. The van der Waals surface area contributed by atoms with Gasteiger partial charge in [-0.25, -0.2) is 0 Å². The van der Waals surface area contributed by atoms with Crippen LogP contribution in [0.5, 0.6) is 0 Å². The average Bonchev–Trinajstić information content (AvgIpc) is 2.16. The summed E-state index contributed by atoms with van der Waals surface area (Å²) < 4.78 is 0. The summed E-state index contributed by atoms with van der Waals surface area (Å²) >= 11 is 0. The fraction of sp³-hybridized carbons (Fsp3) is 0.273. The van der Waals surface area contributed by atoms with Crippen LogP contribution in [0.3, 0.4) is 0 Å².